The summed E-state index contributed by atoms with van der Waals surface area (Å²) in [5.41, 5.74) is 1.02. The van der Waals surface area contributed by atoms with Crippen LogP contribution >= 0.6 is 0 Å². The van der Waals surface area contributed by atoms with E-state index in [1.54, 1.807) is 37.7 Å². The van der Waals surface area contributed by atoms with E-state index in [2.05, 4.69) is 15.7 Å². The van der Waals surface area contributed by atoms with Crippen LogP contribution in [0.2, 0.25) is 0 Å². The summed E-state index contributed by atoms with van der Waals surface area (Å²) in [5, 5.41) is 10.4. The normalized spacial score (nSPS) is 22.8. The molecule has 12 heteroatoms. The quantitative estimate of drug-likeness (QED) is 0.346. The van der Waals surface area contributed by atoms with Crippen molar-refractivity contribution >= 4 is 17.6 Å². The van der Waals surface area contributed by atoms with Crippen LogP contribution in [0.5, 0.6) is 0 Å². The minimum atomic E-state index is -2.72. The molecule has 2 amide bonds. The zero-order valence-corrected chi connectivity index (χ0v) is 23.8. The molecular formula is C29H39F4N5O3. The summed E-state index contributed by atoms with van der Waals surface area (Å²) < 4.78 is 61.4. The number of aromatic nitrogens is 3. The maximum Gasteiger partial charge on any atom is 0.408 e. The van der Waals surface area contributed by atoms with Crippen LogP contribution in [0.15, 0.2) is 18.5 Å². The number of ether oxygens (including phenoxy) is 1. The molecule has 0 unspecified atom stereocenters. The first-order chi connectivity index (χ1) is 19.2. The number of fused-ring (bicyclic) bond motifs is 1. The Morgan fingerprint density at radius 2 is 1.68 bits per heavy atom. The Labute approximate surface area is 237 Å². The molecule has 0 spiro atoms. The molecule has 226 valence electrons. The van der Waals surface area contributed by atoms with E-state index in [-0.39, 0.29) is 74.6 Å². The Balaban J connectivity index is 1.36. The minimum Gasteiger partial charge on any atom is -0.444 e. The third-order valence-corrected chi connectivity index (χ3v) is 8.53. The molecule has 8 nitrogen and oxygen atoms in total. The number of imidazole rings is 1. The molecule has 41 heavy (non-hydrogen) atoms. The summed E-state index contributed by atoms with van der Waals surface area (Å²) in [6, 6.07) is 0.871. The van der Waals surface area contributed by atoms with Gasteiger partial charge in [0.15, 0.2) is 5.65 Å². The fourth-order valence-corrected chi connectivity index (χ4v) is 6.16. The predicted molar refractivity (Wildman–Crippen MR) is 143 cm³/mol. The second kappa shape index (κ2) is 11.1. The van der Waals surface area contributed by atoms with Crippen LogP contribution in [0.25, 0.3) is 5.65 Å². The first-order valence-electron chi connectivity index (χ1n) is 14.6. The van der Waals surface area contributed by atoms with Crippen molar-refractivity contribution in [1.82, 2.24) is 25.2 Å². The molecule has 3 aliphatic rings. The highest BCUT2D eigenvalue weighted by molar-refractivity contribution is 5.77. The lowest BCUT2D eigenvalue weighted by molar-refractivity contribution is -0.134. The number of alkyl halides is 4. The van der Waals surface area contributed by atoms with Crippen LogP contribution in [0.1, 0.15) is 108 Å². The Bertz CT molecular complexity index is 1250. The van der Waals surface area contributed by atoms with E-state index in [1.165, 1.54) is 0 Å². The van der Waals surface area contributed by atoms with Gasteiger partial charge in [0.2, 0.25) is 17.8 Å². The molecule has 2 N–H and O–H groups in total. The number of nitrogens with one attached hydrogen (secondary N) is 2. The number of alkyl carbamates (subject to hydrolysis) is 1. The Kier molecular flexibility index (Phi) is 7.97. The van der Waals surface area contributed by atoms with Crippen molar-refractivity contribution < 1.29 is 31.9 Å². The van der Waals surface area contributed by atoms with Gasteiger partial charge in [0.1, 0.15) is 5.60 Å². The van der Waals surface area contributed by atoms with Crippen molar-refractivity contribution in [3.8, 4) is 0 Å². The highest BCUT2D eigenvalue weighted by Gasteiger charge is 2.46. The molecule has 2 aromatic rings. The fraction of sp³-hybridized carbons (Fsp3) is 0.724. The van der Waals surface area contributed by atoms with Gasteiger partial charge < -0.3 is 15.4 Å². The summed E-state index contributed by atoms with van der Waals surface area (Å²) >= 11 is 0. The second-order valence-electron chi connectivity index (χ2n) is 13.1. The lowest BCUT2D eigenvalue weighted by Gasteiger charge is -2.37. The molecule has 0 radical (unpaired) electrons. The van der Waals surface area contributed by atoms with Crippen LogP contribution < -0.4 is 10.6 Å². The SMILES string of the molecule is CC(C)(C)OC(=O)N[C@H](c1cn2ncc([C@H](NC(=O)CC3CC(F)(F)C3)C3CCC3)cc2n1)C1CCC(F)(F)CC1. The van der Waals surface area contributed by atoms with Crippen molar-refractivity contribution in [2.45, 2.75) is 115 Å². The third-order valence-electron chi connectivity index (χ3n) is 8.53. The molecular weight excluding hydrogens is 542 g/mol. The van der Waals surface area contributed by atoms with Gasteiger partial charge in [-0.3, -0.25) is 4.79 Å². The number of carbonyl (C=O) groups is 2. The van der Waals surface area contributed by atoms with Crippen molar-refractivity contribution in [1.29, 1.82) is 0 Å². The highest BCUT2D eigenvalue weighted by atomic mass is 19.3. The standard InChI is InChI=1S/C29H39F4N5O3/c1-27(2,3)41-26(40)37-25(19-7-9-28(30,31)10-8-19)21-16-38-22(35-21)12-20(15-34-38)24(18-5-4-6-18)36-23(39)11-17-13-29(32,33)14-17/h12,15-19,24-25H,4-11,13-14H2,1-3H3,(H,36,39)(H,37,40)/t24-,25+/m1/s1. The molecule has 0 saturated heterocycles. The van der Waals surface area contributed by atoms with Crippen molar-refractivity contribution in [3.63, 3.8) is 0 Å². The van der Waals surface area contributed by atoms with Gasteiger partial charge in [-0.25, -0.2) is 31.9 Å². The zero-order chi connectivity index (χ0) is 29.6. The maximum absolute atomic E-state index is 13.9. The van der Waals surface area contributed by atoms with Crippen LogP contribution in [0, 0.1) is 17.8 Å². The Morgan fingerprint density at radius 3 is 2.27 bits per heavy atom. The lowest BCUT2D eigenvalue weighted by Crippen LogP contribution is -2.41. The predicted octanol–water partition coefficient (Wildman–Crippen LogP) is 6.51. The molecule has 0 aliphatic heterocycles. The Morgan fingerprint density at radius 1 is 1.02 bits per heavy atom. The summed E-state index contributed by atoms with van der Waals surface area (Å²) in [4.78, 5) is 30.2. The van der Waals surface area contributed by atoms with E-state index < -0.39 is 29.6 Å². The molecule has 2 heterocycles. The number of hydrogen-bond acceptors (Lipinski definition) is 5. The number of hydrogen-bond donors (Lipinski definition) is 2. The van der Waals surface area contributed by atoms with E-state index >= 15 is 0 Å². The zero-order valence-electron chi connectivity index (χ0n) is 23.8. The van der Waals surface area contributed by atoms with Crippen LogP contribution in [-0.2, 0) is 9.53 Å². The second-order valence-corrected chi connectivity index (χ2v) is 13.1. The minimum absolute atomic E-state index is 0.0699. The van der Waals surface area contributed by atoms with Gasteiger partial charge in [-0.05, 0) is 75.8 Å². The van der Waals surface area contributed by atoms with E-state index in [0.717, 1.165) is 24.8 Å². The van der Waals surface area contributed by atoms with Gasteiger partial charge >= 0.3 is 6.09 Å². The van der Waals surface area contributed by atoms with Crippen molar-refractivity contribution in [2.24, 2.45) is 17.8 Å². The molecule has 5 rings (SSSR count). The molecule has 0 bridgehead atoms. The summed E-state index contributed by atoms with van der Waals surface area (Å²) in [6.07, 6.45) is 5.10. The van der Waals surface area contributed by atoms with Crippen LogP contribution in [-0.4, -0.2) is 44.0 Å². The van der Waals surface area contributed by atoms with E-state index in [0.29, 0.717) is 11.3 Å². The average molecular weight is 582 g/mol. The molecule has 0 aromatic carbocycles. The van der Waals surface area contributed by atoms with Crippen LogP contribution in [0.3, 0.4) is 0 Å². The monoisotopic (exact) mass is 581 g/mol. The van der Waals surface area contributed by atoms with Crippen molar-refractivity contribution in [3.05, 3.63) is 29.7 Å². The lowest BCUT2D eigenvalue weighted by atomic mass is 9.76. The van der Waals surface area contributed by atoms with E-state index in [1.807, 2.05) is 6.07 Å². The topological polar surface area (TPSA) is 97.6 Å². The van der Waals surface area contributed by atoms with Gasteiger partial charge in [0, 0.05) is 32.1 Å². The van der Waals surface area contributed by atoms with Gasteiger partial charge in [-0.1, -0.05) is 6.42 Å². The molecule has 3 fully saturated rings. The summed E-state index contributed by atoms with van der Waals surface area (Å²) in [7, 11) is 0. The number of amides is 2. The Hall–Kier alpha value is -2.92. The van der Waals surface area contributed by atoms with Gasteiger partial charge in [0.05, 0.1) is 30.2 Å². The molecule has 3 aliphatic carbocycles. The van der Waals surface area contributed by atoms with Crippen molar-refractivity contribution in [2.75, 3.05) is 0 Å². The van der Waals surface area contributed by atoms with Crippen LogP contribution in [0.4, 0.5) is 22.4 Å². The largest absolute Gasteiger partial charge is 0.444 e. The first-order valence-corrected chi connectivity index (χ1v) is 14.6. The fourth-order valence-electron chi connectivity index (χ4n) is 6.16. The maximum atomic E-state index is 13.9. The number of rotatable bonds is 8. The average Bonchev–Trinajstić information content (AvgIpc) is 3.22. The summed E-state index contributed by atoms with van der Waals surface area (Å²) in [6.45, 7) is 5.24. The van der Waals surface area contributed by atoms with E-state index in [4.69, 9.17) is 9.72 Å². The number of nitrogens with zero attached hydrogens (tertiary/aromatic N) is 3. The number of halogens is 4. The summed E-state index contributed by atoms with van der Waals surface area (Å²) in [5.74, 6) is -5.99. The van der Waals surface area contributed by atoms with Gasteiger partial charge in [0.25, 0.3) is 0 Å². The molecule has 2 aromatic heterocycles. The third kappa shape index (κ3) is 7.30. The number of carbonyl (C=O) groups excluding carboxylic acids is 2. The first kappa shape index (κ1) is 29.6. The van der Waals surface area contributed by atoms with Gasteiger partial charge in [-0.15, -0.1) is 0 Å². The molecule has 2 atom stereocenters. The smallest absolute Gasteiger partial charge is 0.408 e. The van der Waals surface area contributed by atoms with E-state index in [9.17, 15) is 27.2 Å². The molecule has 3 saturated carbocycles. The van der Waals surface area contributed by atoms with Gasteiger partial charge in [-0.2, -0.15) is 5.10 Å². The highest BCUT2D eigenvalue weighted by Crippen LogP contribution is 2.45.